The van der Waals surface area contributed by atoms with Crippen molar-refractivity contribution in [1.82, 2.24) is 24.6 Å². The lowest BCUT2D eigenvalue weighted by Crippen LogP contribution is -2.44. The van der Waals surface area contributed by atoms with E-state index < -0.39 is 50.4 Å². The number of anilines is 1. The van der Waals surface area contributed by atoms with Gasteiger partial charge in [-0.2, -0.15) is 15.1 Å². The third-order valence-corrected chi connectivity index (χ3v) is 11.8. The second-order valence-corrected chi connectivity index (χ2v) is 15.9. The van der Waals surface area contributed by atoms with Crippen molar-refractivity contribution < 1.29 is 42.8 Å². The summed E-state index contributed by atoms with van der Waals surface area (Å²) in [5.41, 5.74) is 4.96. The van der Waals surface area contributed by atoms with Crippen LogP contribution in [0, 0.1) is 3.83 Å². The Labute approximate surface area is 318 Å². The summed E-state index contributed by atoms with van der Waals surface area (Å²) in [6.07, 6.45) is 0.112. The number of nitrogens with zero attached hydrogens (tertiary/aromatic N) is 4. The van der Waals surface area contributed by atoms with Gasteiger partial charge in [-0.1, -0.05) is 73.2 Å². The molecule has 5 aromatic rings. The van der Waals surface area contributed by atoms with Crippen LogP contribution >= 0.6 is 30.3 Å². The Bertz CT molecular complexity index is 2140. The first kappa shape index (κ1) is 37.4. The Morgan fingerprint density at radius 2 is 1.79 bits per heavy atom. The number of rotatable bonds is 12. The van der Waals surface area contributed by atoms with Crippen LogP contribution in [0.25, 0.3) is 21.9 Å². The third kappa shape index (κ3) is 7.72. The van der Waals surface area contributed by atoms with E-state index in [1.54, 1.807) is 42.5 Å². The maximum absolute atomic E-state index is 15.1. The highest BCUT2D eigenvalue weighted by Gasteiger charge is 2.55. The monoisotopic (exact) mass is 858 g/mol. The van der Waals surface area contributed by atoms with Crippen molar-refractivity contribution in [2.45, 2.75) is 75.2 Å². The molecule has 2 aromatic heterocycles. The van der Waals surface area contributed by atoms with Crippen LogP contribution in [-0.2, 0) is 23.4 Å². The number of fused-ring (bicyclic) bond motifs is 2. The first-order chi connectivity index (χ1) is 25.5. The Kier molecular flexibility index (Phi) is 10.9. The molecule has 15 nitrogen and oxygen atoms in total. The molecule has 3 heterocycles. The average Bonchev–Trinajstić information content (AvgIpc) is 3.60. The minimum absolute atomic E-state index is 0.0995. The predicted octanol–water partition coefficient (Wildman–Crippen LogP) is 5.59. The molecule has 1 saturated carbocycles. The molecule has 2 unspecified atom stereocenters. The van der Waals surface area contributed by atoms with E-state index in [2.05, 4.69) is 20.0 Å². The number of ether oxygens (including phenoxy) is 3. The molecular weight excluding hydrogens is 818 g/mol. The summed E-state index contributed by atoms with van der Waals surface area (Å²) in [5, 5.41) is 27.5. The molecule has 280 valence electrons. The molecule has 1 aliphatic heterocycles. The fourth-order valence-electron chi connectivity index (χ4n) is 6.79. The van der Waals surface area contributed by atoms with Gasteiger partial charge in [0.1, 0.15) is 35.7 Å². The number of hydrogen-bond acceptors (Lipinski definition) is 13. The SMILES string of the molecule is COc1nc(N)nc2c1nc(I)n2C1O[C@H](COP(=O)(N[C@H](C(=O)OC2CCCCC2)c2ccccc2)Oc2cccc3ccccc23)[C@@H](O)[C@@]1(C)O. The number of carbonyl (C=O) groups excluding carboxylic acids is 1. The molecule has 1 saturated heterocycles. The number of esters is 1. The summed E-state index contributed by atoms with van der Waals surface area (Å²) in [7, 11) is -3.12. The van der Waals surface area contributed by atoms with E-state index in [4.69, 9.17) is 29.0 Å². The van der Waals surface area contributed by atoms with Crippen molar-refractivity contribution in [3.63, 3.8) is 0 Å². The van der Waals surface area contributed by atoms with Crippen LogP contribution in [0.15, 0.2) is 72.8 Å². The Hall–Kier alpha value is -3.90. The van der Waals surface area contributed by atoms with Crippen LogP contribution in [0.1, 0.15) is 56.9 Å². The molecule has 5 N–H and O–H groups in total. The second-order valence-electron chi connectivity index (χ2n) is 13.2. The lowest BCUT2D eigenvalue weighted by molar-refractivity contribution is -0.153. The molecule has 0 amide bonds. The second kappa shape index (κ2) is 15.5. The standard InChI is InChI=1S/C36H40IN6O9P/c1-36(46)29(44)26(51-33(36)43-30-28(39-34(43)37)31(48-2)41-35(38)40-30)20-49-53(47,52-25-19-11-15-21-12-9-10-18-24(21)25)42-27(22-13-5-3-6-14-22)32(45)50-23-16-7-4-8-17-23/h3,5-6,9-15,18-19,23,26-27,29,33,44,46H,4,7-8,16-17,20H2,1-2H3,(H,42,47)(H2,38,40,41)/t26-,27+,29-,33?,36-,53?/m1/s1. The number of methoxy groups -OCH3 is 1. The predicted molar refractivity (Wildman–Crippen MR) is 203 cm³/mol. The number of nitrogen functional groups attached to an aromatic ring is 1. The number of nitrogens with two attached hydrogens (primary N) is 1. The van der Waals surface area contributed by atoms with Gasteiger partial charge in [0, 0.05) is 28.0 Å². The first-order valence-corrected chi connectivity index (χ1v) is 19.9. The van der Waals surface area contributed by atoms with E-state index in [1.807, 2.05) is 52.9 Å². The largest absolute Gasteiger partial charge is 0.479 e. The summed E-state index contributed by atoms with van der Waals surface area (Å²) < 4.78 is 46.7. The summed E-state index contributed by atoms with van der Waals surface area (Å²) in [6, 6.07) is 20.2. The number of aliphatic hydroxyl groups is 2. The van der Waals surface area contributed by atoms with E-state index in [0.29, 0.717) is 14.8 Å². The van der Waals surface area contributed by atoms with Crippen LogP contribution in [0.4, 0.5) is 5.95 Å². The molecule has 2 aliphatic rings. The number of aromatic nitrogens is 4. The van der Waals surface area contributed by atoms with Gasteiger partial charge in [0.05, 0.1) is 13.7 Å². The van der Waals surface area contributed by atoms with Crippen LogP contribution < -0.4 is 20.1 Å². The number of aliphatic hydroxyl groups excluding tert-OH is 1. The van der Waals surface area contributed by atoms with Gasteiger partial charge in [-0.3, -0.25) is 9.09 Å². The lowest BCUT2D eigenvalue weighted by Gasteiger charge is -2.29. The van der Waals surface area contributed by atoms with Crippen LogP contribution in [0.2, 0.25) is 0 Å². The number of halogens is 1. The van der Waals surface area contributed by atoms with E-state index in [1.165, 1.54) is 18.6 Å². The Morgan fingerprint density at radius 3 is 2.55 bits per heavy atom. The zero-order chi connectivity index (χ0) is 37.3. The van der Waals surface area contributed by atoms with E-state index in [9.17, 15) is 15.0 Å². The maximum Gasteiger partial charge on any atom is 0.459 e. The molecule has 3 aromatic carbocycles. The van der Waals surface area contributed by atoms with Crippen molar-refractivity contribution in [2.75, 3.05) is 19.5 Å². The van der Waals surface area contributed by atoms with Gasteiger partial charge in [0.25, 0.3) is 0 Å². The molecule has 2 fully saturated rings. The van der Waals surface area contributed by atoms with Gasteiger partial charge in [-0.25, -0.2) is 14.3 Å². The van der Waals surface area contributed by atoms with Crippen molar-refractivity contribution in [2.24, 2.45) is 0 Å². The molecule has 1 aliphatic carbocycles. The van der Waals surface area contributed by atoms with E-state index in [0.717, 1.165) is 37.5 Å². The fourth-order valence-corrected chi connectivity index (χ4v) is 9.02. The first-order valence-electron chi connectivity index (χ1n) is 17.2. The smallest absolute Gasteiger partial charge is 0.459 e. The summed E-state index contributed by atoms with van der Waals surface area (Å²) >= 11 is 1.94. The number of benzene rings is 3. The topological polar surface area (TPSA) is 202 Å². The average molecular weight is 859 g/mol. The number of imidazole rings is 1. The van der Waals surface area contributed by atoms with E-state index in [-0.39, 0.29) is 34.8 Å². The molecule has 0 bridgehead atoms. The van der Waals surface area contributed by atoms with Gasteiger partial charge in [0.2, 0.25) is 11.8 Å². The third-order valence-electron chi connectivity index (χ3n) is 9.53. The van der Waals surface area contributed by atoms with E-state index >= 15 is 4.57 Å². The molecular formula is C36H40IN6O9P. The van der Waals surface area contributed by atoms with Gasteiger partial charge in [-0.15, -0.1) is 0 Å². The lowest BCUT2D eigenvalue weighted by atomic mass is 9.96. The maximum atomic E-state index is 15.1. The normalized spacial score (nSPS) is 23.8. The van der Waals surface area contributed by atoms with Gasteiger partial charge in [0.15, 0.2) is 21.2 Å². The summed E-state index contributed by atoms with van der Waals surface area (Å²) in [6.45, 7) is 0.856. The number of carbonyl (C=O) groups is 1. The zero-order valence-electron chi connectivity index (χ0n) is 29.0. The molecule has 6 atom stereocenters. The van der Waals surface area contributed by atoms with Crippen LogP contribution in [0.3, 0.4) is 0 Å². The zero-order valence-corrected chi connectivity index (χ0v) is 32.1. The molecule has 17 heteroatoms. The van der Waals surface area contributed by atoms with Gasteiger partial charge >= 0.3 is 13.7 Å². The number of hydrogen-bond donors (Lipinski definition) is 4. The minimum Gasteiger partial charge on any atom is -0.479 e. The quantitative estimate of drug-likeness (QED) is 0.0523. The minimum atomic E-state index is -4.54. The molecule has 7 rings (SSSR count). The molecule has 0 radical (unpaired) electrons. The Morgan fingerprint density at radius 1 is 1.08 bits per heavy atom. The fraction of sp³-hybridized carbons (Fsp3) is 0.389. The number of nitrogens with one attached hydrogen (secondary N) is 1. The molecule has 0 spiro atoms. The highest BCUT2D eigenvalue weighted by atomic mass is 127. The van der Waals surface area contributed by atoms with Crippen molar-refractivity contribution >= 4 is 64.2 Å². The highest BCUT2D eigenvalue weighted by molar-refractivity contribution is 14.1. The van der Waals surface area contributed by atoms with Gasteiger partial charge < -0.3 is 34.7 Å². The van der Waals surface area contributed by atoms with Gasteiger partial charge in [-0.05, 0) is 49.6 Å². The van der Waals surface area contributed by atoms with Crippen molar-refractivity contribution in [1.29, 1.82) is 0 Å². The van der Waals surface area contributed by atoms with Crippen LogP contribution in [-0.4, -0.2) is 73.3 Å². The van der Waals surface area contributed by atoms with Crippen molar-refractivity contribution in [3.8, 4) is 11.6 Å². The Balaban J connectivity index is 1.21. The molecule has 53 heavy (non-hydrogen) atoms. The van der Waals surface area contributed by atoms with Crippen molar-refractivity contribution in [3.05, 3.63) is 82.2 Å². The summed E-state index contributed by atoms with van der Waals surface area (Å²) in [4.78, 5) is 26.7. The van der Waals surface area contributed by atoms with Crippen LogP contribution in [0.5, 0.6) is 11.6 Å². The summed E-state index contributed by atoms with van der Waals surface area (Å²) in [5.74, 6) is -0.381. The highest BCUT2D eigenvalue weighted by Crippen LogP contribution is 2.50.